The van der Waals surface area contributed by atoms with E-state index in [0.717, 1.165) is 23.3 Å². The summed E-state index contributed by atoms with van der Waals surface area (Å²) < 4.78 is 11.5. The van der Waals surface area contributed by atoms with Crippen molar-refractivity contribution in [1.29, 1.82) is 0 Å². The lowest BCUT2D eigenvalue weighted by atomic mass is 10.1. The highest BCUT2D eigenvalue weighted by atomic mass is 32.2. The molecule has 0 saturated heterocycles. The molecule has 2 aromatic rings. The Balaban J connectivity index is 2.12. The first-order valence-electron chi connectivity index (χ1n) is 7.94. The van der Waals surface area contributed by atoms with Crippen LogP contribution >= 0.6 is 11.8 Å². The Kier molecular flexibility index (Phi) is 7.06. The summed E-state index contributed by atoms with van der Waals surface area (Å²) in [5, 5.41) is 4.37. The minimum Gasteiger partial charge on any atom is -0.497 e. The first kappa shape index (κ1) is 19.1. The molecular weight excluding hydrogens is 340 g/mol. The van der Waals surface area contributed by atoms with Crippen LogP contribution in [0.25, 0.3) is 0 Å². The van der Waals surface area contributed by atoms with Gasteiger partial charge in [0.2, 0.25) is 0 Å². The summed E-state index contributed by atoms with van der Waals surface area (Å²) in [4.78, 5) is 23.8. The highest BCUT2D eigenvalue weighted by Crippen LogP contribution is 2.17. The molecule has 0 unspecified atom stereocenters. The molecule has 0 fully saturated rings. The normalized spacial score (nSPS) is 10.5. The van der Waals surface area contributed by atoms with Gasteiger partial charge in [-0.2, -0.15) is 5.10 Å². The summed E-state index contributed by atoms with van der Waals surface area (Å²) in [6, 6.07) is 7.67. The summed E-state index contributed by atoms with van der Waals surface area (Å²) in [7, 11) is 2.96. The van der Waals surface area contributed by atoms with Gasteiger partial charge in [0.25, 0.3) is 0 Å². The number of ether oxygens (including phenoxy) is 2. The van der Waals surface area contributed by atoms with E-state index in [0.29, 0.717) is 12.2 Å². The van der Waals surface area contributed by atoms with E-state index in [1.54, 1.807) is 18.0 Å². The lowest BCUT2D eigenvalue weighted by molar-refractivity contribution is -0.137. The Morgan fingerprint density at radius 2 is 1.88 bits per heavy atom. The maximum Gasteiger partial charge on any atom is 0.315 e. The van der Waals surface area contributed by atoms with Gasteiger partial charge in [0.15, 0.2) is 5.78 Å². The molecule has 0 amide bonds. The number of hydrogen-bond acceptors (Lipinski definition) is 6. The van der Waals surface area contributed by atoms with E-state index < -0.39 is 0 Å². The fourth-order valence-corrected chi connectivity index (χ4v) is 3.09. The van der Waals surface area contributed by atoms with Crippen molar-refractivity contribution >= 4 is 23.5 Å². The molecule has 0 bridgehead atoms. The third-order valence-corrected chi connectivity index (χ3v) is 4.64. The SMILES string of the molecule is CCc1cnn(Cc2ccc(OC)cc2)c1C(=O)CSCC(=O)OC. The van der Waals surface area contributed by atoms with Crippen molar-refractivity contribution in [2.75, 3.05) is 25.7 Å². The quantitative estimate of drug-likeness (QED) is 0.504. The zero-order valence-corrected chi connectivity index (χ0v) is 15.5. The standard InChI is InChI=1S/C18H22N2O4S/c1-4-14-9-19-20(10-13-5-7-15(23-2)8-6-13)18(14)16(21)11-25-12-17(22)24-3/h5-9H,4,10-12H2,1-3H3. The molecule has 6 nitrogen and oxygen atoms in total. The molecule has 0 aliphatic carbocycles. The fraction of sp³-hybridized carbons (Fsp3) is 0.389. The Morgan fingerprint density at radius 1 is 1.16 bits per heavy atom. The number of hydrogen-bond donors (Lipinski definition) is 0. The number of aryl methyl sites for hydroxylation is 1. The molecular formula is C18H22N2O4S. The molecule has 1 heterocycles. The van der Waals surface area contributed by atoms with E-state index in [1.807, 2.05) is 31.2 Å². The van der Waals surface area contributed by atoms with Crippen LogP contribution in [0.2, 0.25) is 0 Å². The number of esters is 1. The van der Waals surface area contributed by atoms with Gasteiger partial charge in [0, 0.05) is 5.56 Å². The Morgan fingerprint density at radius 3 is 2.48 bits per heavy atom. The smallest absolute Gasteiger partial charge is 0.315 e. The highest BCUT2D eigenvalue weighted by Gasteiger charge is 2.18. The Labute approximate surface area is 151 Å². The lowest BCUT2D eigenvalue weighted by Crippen LogP contribution is -2.16. The van der Waals surface area contributed by atoms with Crippen LogP contribution in [0.3, 0.4) is 0 Å². The second-order valence-corrected chi connectivity index (χ2v) is 6.36. The second kappa shape index (κ2) is 9.27. The zero-order valence-electron chi connectivity index (χ0n) is 14.7. The van der Waals surface area contributed by atoms with E-state index in [4.69, 9.17) is 4.74 Å². The van der Waals surface area contributed by atoms with Gasteiger partial charge < -0.3 is 9.47 Å². The van der Waals surface area contributed by atoms with Crippen LogP contribution < -0.4 is 4.74 Å². The Bertz CT molecular complexity index is 725. The topological polar surface area (TPSA) is 70.4 Å². The molecule has 2 rings (SSSR count). The second-order valence-electron chi connectivity index (χ2n) is 5.37. The van der Waals surface area contributed by atoms with Crippen LogP contribution in [0.1, 0.15) is 28.5 Å². The van der Waals surface area contributed by atoms with Crippen LogP contribution in [0.5, 0.6) is 5.75 Å². The highest BCUT2D eigenvalue weighted by molar-refractivity contribution is 8.00. The first-order chi connectivity index (χ1) is 12.1. The van der Waals surface area contributed by atoms with Crippen LogP contribution in [0, 0.1) is 0 Å². The van der Waals surface area contributed by atoms with Crippen molar-refractivity contribution < 1.29 is 19.1 Å². The van der Waals surface area contributed by atoms with Gasteiger partial charge in [-0.3, -0.25) is 14.3 Å². The number of benzene rings is 1. The van der Waals surface area contributed by atoms with Gasteiger partial charge in [0.1, 0.15) is 11.4 Å². The average molecular weight is 362 g/mol. The van der Waals surface area contributed by atoms with Crippen molar-refractivity contribution in [3.8, 4) is 5.75 Å². The summed E-state index contributed by atoms with van der Waals surface area (Å²) in [5.74, 6) is 0.804. The van der Waals surface area contributed by atoms with Gasteiger partial charge in [-0.1, -0.05) is 19.1 Å². The predicted molar refractivity (Wildman–Crippen MR) is 97.4 cm³/mol. The van der Waals surface area contributed by atoms with Crippen molar-refractivity contribution in [3.63, 3.8) is 0 Å². The van der Waals surface area contributed by atoms with Gasteiger partial charge in [-0.15, -0.1) is 11.8 Å². The molecule has 1 aromatic carbocycles. The maximum absolute atomic E-state index is 12.6. The van der Waals surface area contributed by atoms with E-state index >= 15 is 0 Å². The van der Waals surface area contributed by atoms with Gasteiger partial charge in [0.05, 0.1) is 38.5 Å². The van der Waals surface area contributed by atoms with E-state index in [9.17, 15) is 9.59 Å². The summed E-state index contributed by atoms with van der Waals surface area (Å²) in [5.41, 5.74) is 2.55. The summed E-state index contributed by atoms with van der Waals surface area (Å²) in [6.07, 6.45) is 2.47. The van der Waals surface area contributed by atoms with Crippen molar-refractivity contribution in [2.24, 2.45) is 0 Å². The molecule has 0 saturated carbocycles. The summed E-state index contributed by atoms with van der Waals surface area (Å²) in [6.45, 7) is 2.50. The third kappa shape index (κ3) is 5.09. The largest absolute Gasteiger partial charge is 0.497 e. The number of rotatable bonds is 9. The maximum atomic E-state index is 12.6. The van der Waals surface area contributed by atoms with Crippen LogP contribution in [0.4, 0.5) is 0 Å². The number of Topliss-reactive ketones (excluding diaryl/α,β-unsaturated/α-hetero) is 1. The number of carbonyl (C=O) groups is 2. The first-order valence-corrected chi connectivity index (χ1v) is 9.09. The number of carbonyl (C=O) groups excluding carboxylic acids is 2. The molecule has 1 aromatic heterocycles. The van der Waals surface area contributed by atoms with Crippen molar-refractivity contribution in [3.05, 3.63) is 47.3 Å². The van der Waals surface area contributed by atoms with Crippen molar-refractivity contribution in [1.82, 2.24) is 9.78 Å². The Hall–Kier alpha value is -2.28. The van der Waals surface area contributed by atoms with Crippen LogP contribution in [-0.4, -0.2) is 47.3 Å². The monoisotopic (exact) mass is 362 g/mol. The summed E-state index contributed by atoms with van der Waals surface area (Å²) >= 11 is 1.25. The van der Waals surface area contributed by atoms with Crippen LogP contribution in [0.15, 0.2) is 30.5 Å². The van der Waals surface area contributed by atoms with Gasteiger partial charge >= 0.3 is 5.97 Å². The van der Waals surface area contributed by atoms with Gasteiger partial charge in [-0.05, 0) is 24.1 Å². The molecule has 7 heteroatoms. The third-order valence-electron chi connectivity index (χ3n) is 3.73. The van der Waals surface area contributed by atoms with Crippen molar-refractivity contribution in [2.45, 2.75) is 19.9 Å². The predicted octanol–water partition coefficient (Wildman–Crippen LogP) is 2.59. The average Bonchev–Trinajstić information content (AvgIpc) is 3.04. The minimum atomic E-state index is -0.333. The molecule has 0 atom stereocenters. The van der Waals surface area contributed by atoms with E-state index in [2.05, 4.69) is 9.84 Å². The molecule has 0 N–H and O–H groups in total. The number of ketones is 1. The lowest BCUT2D eigenvalue weighted by Gasteiger charge is -2.09. The molecule has 0 aliphatic rings. The zero-order chi connectivity index (χ0) is 18.2. The van der Waals surface area contributed by atoms with E-state index in [-0.39, 0.29) is 23.3 Å². The number of aromatic nitrogens is 2. The number of methoxy groups -OCH3 is 2. The van der Waals surface area contributed by atoms with Gasteiger partial charge in [-0.25, -0.2) is 0 Å². The number of thioether (sulfide) groups is 1. The fourth-order valence-electron chi connectivity index (χ4n) is 2.38. The molecule has 0 aliphatic heterocycles. The number of nitrogens with zero attached hydrogens (tertiary/aromatic N) is 2. The van der Waals surface area contributed by atoms with Crippen LogP contribution in [-0.2, 0) is 22.5 Å². The molecule has 0 spiro atoms. The molecule has 0 radical (unpaired) electrons. The van der Waals surface area contributed by atoms with E-state index in [1.165, 1.54) is 18.9 Å². The molecule has 134 valence electrons. The minimum absolute atomic E-state index is 0.0308. The molecule has 25 heavy (non-hydrogen) atoms.